The molecule has 1 aliphatic heterocycles. The summed E-state index contributed by atoms with van der Waals surface area (Å²) in [7, 11) is 0. The second-order valence-electron chi connectivity index (χ2n) is 4.47. The molecule has 13 heavy (non-hydrogen) atoms. The molecule has 1 unspecified atom stereocenters. The Bertz CT molecular complexity index is 173. The summed E-state index contributed by atoms with van der Waals surface area (Å²) in [5, 5.41) is 0. The highest BCUT2D eigenvalue weighted by Gasteiger charge is 2.44. The largest absolute Gasteiger partial charge is 0.347 e. The first-order valence-corrected chi connectivity index (χ1v) is 5.57. The van der Waals surface area contributed by atoms with E-state index in [4.69, 9.17) is 9.47 Å². The van der Waals surface area contributed by atoms with Crippen molar-refractivity contribution in [3.05, 3.63) is 0 Å². The second-order valence-corrected chi connectivity index (χ2v) is 4.47. The van der Waals surface area contributed by atoms with E-state index in [1.165, 1.54) is 19.3 Å². The van der Waals surface area contributed by atoms with Gasteiger partial charge in [0.2, 0.25) is 0 Å². The van der Waals surface area contributed by atoms with E-state index in [0.717, 1.165) is 19.4 Å². The van der Waals surface area contributed by atoms with Crippen molar-refractivity contribution in [1.29, 1.82) is 0 Å². The number of rotatable bonds is 2. The maximum absolute atomic E-state index is 6.04. The van der Waals surface area contributed by atoms with Gasteiger partial charge in [0, 0.05) is 12.8 Å². The van der Waals surface area contributed by atoms with Gasteiger partial charge in [-0.2, -0.15) is 0 Å². The van der Waals surface area contributed by atoms with Gasteiger partial charge >= 0.3 is 0 Å². The minimum atomic E-state index is -0.159. The highest BCUT2D eigenvalue weighted by atomic mass is 16.7. The quantitative estimate of drug-likeness (QED) is 0.657. The lowest BCUT2D eigenvalue weighted by molar-refractivity contribution is -0.166. The van der Waals surface area contributed by atoms with Crippen molar-refractivity contribution in [3.63, 3.8) is 0 Å². The summed E-state index contributed by atoms with van der Waals surface area (Å²) in [4.78, 5) is 0. The van der Waals surface area contributed by atoms with E-state index in [1.54, 1.807) is 0 Å². The van der Waals surface area contributed by atoms with Crippen molar-refractivity contribution >= 4 is 0 Å². The zero-order chi connectivity index (χ0) is 9.31. The third kappa shape index (κ3) is 1.75. The maximum Gasteiger partial charge on any atom is 0.168 e. The van der Waals surface area contributed by atoms with Crippen LogP contribution in [0, 0.1) is 5.92 Å². The molecule has 0 amide bonds. The van der Waals surface area contributed by atoms with Gasteiger partial charge in [0.05, 0.1) is 12.7 Å². The molecular weight excluding hydrogens is 164 g/mol. The third-order valence-electron chi connectivity index (χ3n) is 3.52. The van der Waals surface area contributed by atoms with Crippen LogP contribution in [0.3, 0.4) is 0 Å². The van der Waals surface area contributed by atoms with Crippen molar-refractivity contribution in [3.8, 4) is 0 Å². The zero-order valence-electron chi connectivity index (χ0n) is 8.71. The minimum Gasteiger partial charge on any atom is -0.347 e. The average Bonchev–Trinajstić information content (AvgIpc) is 2.76. The highest BCUT2D eigenvalue weighted by molar-refractivity contribution is 4.85. The van der Waals surface area contributed by atoms with Crippen LogP contribution < -0.4 is 0 Å². The van der Waals surface area contributed by atoms with Crippen LogP contribution in [0.4, 0.5) is 0 Å². The van der Waals surface area contributed by atoms with Crippen LogP contribution in [0.15, 0.2) is 0 Å². The van der Waals surface area contributed by atoms with Gasteiger partial charge in [-0.25, -0.2) is 0 Å². The Labute approximate surface area is 80.6 Å². The molecule has 1 saturated heterocycles. The van der Waals surface area contributed by atoms with Crippen LogP contribution in [0.25, 0.3) is 0 Å². The van der Waals surface area contributed by atoms with Crippen LogP contribution in [0.2, 0.25) is 0 Å². The van der Waals surface area contributed by atoms with Gasteiger partial charge in [-0.3, -0.25) is 0 Å². The summed E-state index contributed by atoms with van der Waals surface area (Å²) >= 11 is 0. The van der Waals surface area contributed by atoms with E-state index in [1.807, 2.05) is 0 Å². The minimum absolute atomic E-state index is 0.159. The van der Waals surface area contributed by atoms with Crippen molar-refractivity contribution < 1.29 is 9.47 Å². The van der Waals surface area contributed by atoms with Gasteiger partial charge in [-0.15, -0.1) is 0 Å². The van der Waals surface area contributed by atoms with Crippen molar-refractivity contribution in [2.75, 3.05) is 6.61 Å². The molecule has 0 N–H and O–H groups in total. The van der Waals surface area contributed by atoms with Gasteiger partial charge in [-0.05, 0) is 18.8 Å². The molecule has 1 heterocycles. The molecular formula is C11H20O2. The summed E-state index contributed by atoms with van der Waals surface area (Å²) in [5.41, 5.74) is 0. The summed E-state index contributed by atoms with van der Waals surface area (Å²) < 4.78 is 11.9. The fourth-order valence-electron chi connectivity index (χ4n) is 2.30. The third-order valence-corrected chi connectivity index (χ3v) is 3.52. The van der Waals surface area contributed by atoms with Gasteiger partial charge in [0.15, 0.2) is 5.79 Å². The first kappa shape index (κ1) is 9.47. The van der Waals surface area contributed by atoms with Crippen LogP contribution in [-0.4, -0.2) is 18.5 Å². The summed E-state index contributed by atoms with van der Waals surface area (Å²) in [6, 6.07) is 0. The Morgan fingerprint density at radius 3 is 2.69 bits per heavy atom. The summed E-state index contributed by atoms with van der Waals surface area (Å²) in [5.74, 6) is 0.480. The molecule has 2 atom stereocenters. The van der Waals surface area contributed by atoms with E-state index in [9.17, 15) is 0 Å². The lowest BCUT2D eigenvalue weighted by Gasteiger charge is -2.23. The van der Waals surface area contributed by atoms with Gasteiger partial charge in [-0.1, -0.05) is 20.3 Å². The molecule has 0 radical (unpaired) electrons. The van der Waals surface area contributed by atoms with Crippen LogP contribution in [0.5, 0.6) is 0 Å². The average molecular weight is 184 g/mol. The van der Waals surface area contributed by atoms with Crippen molar-refractivity contribution in [2.45, 2.75) is 57.8 Å². The zero-order valence-corrected chi connectivity index (χ0v) is 8.71. The first-order valence-electron chi connectivity index (χ1n) is 5.57. The molecule has 1 aliphatic carbocycles. The van der Waals surface area contributed by atoms with Crippen molar-refractivity contribution in [2.24, 2.45) is 5.92 Å². The topological polar surface area (TPSA) is 18.5 Å². The van der Waals surface area contributed by atoms with Gasteiger partial charge < -0.3 is 9.47 Å². The Morgan fingerprint density at radius 2 is 2.08 bits per heavy atom. The van der Waals surface area contributed by atoms with Gasteiger partial charge in [0.25, 0.3) is 0 Å². The van der Waals surface area contributed by atoms with E-state index in [-0.39, 0.29) is 5.79 Å². The lowest BCUT2D eigenvalue weighted by atomic mass is 10.0. The molecule has 76 valence electrons. The molecule has 0 bridgehead atoms. The van der Waals surface area contributed by atoms with Crippen LogP contribution >= 0.6 is 0 Å². The fourth-order valence-corrected chi connectivity index (χ4v) is 2.30. The normalized spacial score (nSPS) is 34.2. The van der Waals surface area contributed by atoms with E-state index in [0.29, 0.717) is 12.0 Å². The Balaban J connectivity index is 1.93. The Kier molecular flexibility index (Phi) is 2.61. The second kappa shape index (κ2) is 3.58. The van der Waals surface area contributed by atoms with Crippen LogP contribution in [-0.2, 0) is 9.47 Å². The molecule has 2 fully saturated rings. The fraction of sp³-hybridized carbons (Fsp3) is 1.00. The van der Waals surface area contributed by atoms with Gasteiger partial charge in [0.1, 0.15) is 0 Å². The maximum atomic E-state index is 6.04. The molecule has 1 spiro atoms. The SMILES string of the molecule is CC[C@H](C)C1COC2(CCCC2)O1. The smallest absolute Gasteiger partial charge is 0.168 e. The summed E-state index contributed by atoms with van der Waals surface area (Å²) in [6.45, 7) is 5.28. The Hall–Kier alpha value is -0.0800. The molecule has 2 rings (SSSR count). The molecule has 2 heteroatoms. The predicted molar refractivity (Wildman–Crippen MR) is 51.5 cm³/mol. The number of ether oxygens (including phenoxy) is 2. The summed E-state index contributed by atoms with van der Waals surface area (Å²) in [6.07, 6.45) is 6.30. The molecule has 2 nitrogen and oxygen atoms in total. The molecule has 0 aromatic carbocycles. The number of hydrogen-bond donors (Lipinski definition) is 0. The molecule has 0 aromatic heterocycles. The van der Waals surface area contributed by atoms with E-state index in [2.05, 4.69) is 13.8 Å². The standard InChI is InChI=1S/C11H20O2/c1-3-9(2)10-8-12-11(13-10)6-4-5-7-11/h9-10H,3-8H2,1-2H3/t9-,10?/m0/s1. The number of hydrogen-bond acceptors (Lipinski definition) is 2. The highest BCUT2D eigenvalue weighted by Crippen LogP contribution is 2.40. The monoisotopic (exact) mass is 184 g/mol. The lowest BCUT2D eigenvalue weighted by Crippen LogP contribution is -2.28. The van der Waals surface area contributed by atoms with E-state index >= 15 is 0 Å². The van der Waals surface area contributed by atoms with E-state index < -0.39 is 0 Å². The Morgan fingerprint density at radius 1 is 1.38 bits per heavy atom. The predicted octanol–water partition coefficient (Wildman–Crippen LogP) is 2.72. The molecule has 0 aromatic rings. The molecule has 1 saturated carbocycles. The first-order chi connectivity index (χ1) is 6.26. The van der Waals surface area contributed by atoms with Crippen LogP contribution in [0.1, 0.15) is 46.0 Å². The van der Waals surface area contributed by atoms with Crippen molar-refractivity contribution in [1.82, 2.24) is 0 Å². The molecule has 2 aliphatic rings.